The molecule has 0 aliphatic carbocycles. The molecule has 4 heteroatoms. The summed E-state index contributed by atoms with van der Waals surface area (Å²) in [5.74, 6) is 0. The third-order valence-corrected chi connectivity index (χ3v) is 5.20. The molecule has 4 rings (SSSR count). The Bertz CT molecular complexity index is 939. The van der Waals surface area contributed by atoms with Crippen LogP contribution in [0.4, 0.5) is 0 Å². The van der Waals surface area contributed by atoms with Gasteiger partial charge in [-0.1, -0.05) is 80.6 Å². The summed E-state index contributed by atoms with van der Waals surface area (Å²) in [6, 6.07) is 32.7. The van der Waals surface area contributed by atoms with Crippen LogP contribution in [0.5, 0.6) is 0 Å². The van der Waals surface area contributed by atoms with Gasteiger partial charge in [0.15, 0.2) is 0 Å². The minimum absolute atomic E-state index is 0. The first-order valence-corrected chi connectivity index (χ1v) is 8.48. The zero-order valence-electron chi connectivity index (χ0n) is 15.8. The van der Waals surface area contributed by atoms with Gasteiger partial charge >= 0.3 is 21.7 Å². The molecule has 0 heterocycles. The van der Waals surface area contributed by atoms with Gasteiger partial charge in [-0.3, -0.25) is 0 Å². The van der Waals surface area contributed by atoms with Crippen molar-refractivity contribution in [3.63, 3.8) is 0 Å². The Hall–Kier alpha value is -1.15. The molecule has 0 N–H and O–H groups in total. The molecule has 0 aliphatic rings. The van der Waals surface area contributed by atoms with Crippen molar-refractivity contribution in [3.8, 4) is 0 Å². The number of fused-ring (bicyclic) bond motifs is 1. The van der Waals surface area contributed by atoms with Gasteiger partial charge in [-0.15, -0.1) is 40.1 Å². The Labute approximate surface area is 201 Å². The van der Waals surface area contributed by atoms with Gasteiger partial charge in [0.2, 0.25) is 0 Å². The molecule has 0 unspecified atom stereocenters. The largest absolute Gasteiger partial charge is 4.00 e. The summed E-state index contributed by atoms with van der Waals surface area (Å²) in [4.78, 5) is 0. The summed E-state index contributed by atoms with van der Waals surface area (Å²) in [6.07, 6.45) is 0. The number of hydrogen-bond donors (Lipinski definition) is 0. The van der Waals surface area contributed by atoms with Crippen LogP contribution in [0.15, 0.2) is 91.0 Å². The molecule has 4 aromatic rings. The SMILES string of the molecule is Cc1cc2ccccc2[c-]1C(C)(c1ccccc1)c1ccccc1.[Cl-].[Cl-].[Cl-].[Ti+4]. The molecule has 0 nitrogen and oxygen atoms in total. The number of rotatable bonds is 3. The number of hydrogen-bond acceptors (Lipinski definition) is 0. The van der Waals surface area contributed by atoms with E-state index in [9.17, 15) is 0 Å². The molecular formula is C24H21Cl3Ti. The van der Waals surface area contributed by atoms with Gasteiger partial charge in [0.1, 0.15) is 0 Å². The van der Waals surface area contributed by atoms with E-state index < -0.39 is 0 Å². The standard InChI is InChI=1S/C24H21.3ClH.Ti/c1-18-17-19-11-9-10-16-22(19)23(18)24(2,20-12-5-3-6-13-20)21-14-7-4-8-15-21;;;;/h3-17H,1-2H3;3*1H;/q-1;;;;+4/p-3. The average Bonchev–Trinajstić information content (AvgIpc) is 2.99. The normalized spacial score (nSPS) is 10.1. The van der Waals surface area contributed by atoms with Gasteiger partial charge in [0.05, 0.1) is 0 Å². The van der Waals surface area contributed by atoms with E-state index in [2.05, 4.69) is 105 Å². The van der Waals surface area contributed by atoms with Gasteiger partial charge in [-0.25, -0.2) is 0 Å². The minimum Gasteiger partial charge on any atom is -1.00 e. The molecule has 4 aromatic carbocycles. The van der Waals surface area contributed by atoms with Crippen LogP contribution in [0.2, 0.25) is 0 Å². The Morgan fingerprint density at radius 2 is 1.07 bits per heavy atom. The molecule has 0 saturated heterocycles. The Morgan fingerprint density at radius 1 is 0.643 bits per heavy atom. The van der Waals surface area contributed by atoms with Crippen molar-refractivity contribution < 1.29 is 58.9 Å². The van der Waals surface area contributed by atoms with Crippen molar-refractivity contribution in [2.75, 3.05) is 0 Å². The van der Waals surface area contributed by atoms with Gasteiger partial charge in [-0.2, -0.15) is 6.07 Å². The second kappa shape index (κ2) is 11.1. The van der Waals surface area contributed by atoms with Crippen LogP contribution in [-0.2, 0) is 27.1 Å². The fraction of sp³-hybridized carbons (Fsp3) is 0.125. The Morgan fingerprint density at radius 3 is 1.57 bits per heavy atom. The van der Waals surface area contributed by atoms with Crippen molar-refractivity contribution in [1.82, 2.24) is 0 Å². The molecule has 0 spiro atoms. The van der Waals surface area contributed by atoms with Gasteiger partial charge < -0.3 is 37.2 Å². The molecule has 0 bridgehead atoms. The van der Waals surface area contributed by atoms with E-state index in [1.807, 2.05) is 0 Å². The van der Waals surface area contributed by atoms with Crippen LogP contribution < -0.4 is 37.2 Å². The van der Waals surface area contributed by atoms with Crippen molar-refractivity contribution in [3.05, 3.63) is 113 Å². The van der Waals surface area contributed by atoms with Gasteiger partial charge in [-0.05, 0) is 11.1 Å². The zero-order chi connectivity index (χ0) is 16.6. The zero-order valence-corrected chi connectivity index (χ0v) is 19.6. The summed E-state index contributed by atoms with van der Waals surface area (Å²) in [5.41, 5.74) is 5.25. The maximum Gasteiger partial charge on any atom is 4.00 e. The number of aryl methyl sites for hydroxylation is 1. The van der Waals surface area contributed by atoms with Crippen LogP contribution in [0, 0.1) is 6.92 Å². The molecular weight excluding hydrogens is 442 g/mol. The second-order valence-electron chi connectivity index (χ2n) is 6.65. The van der Waals surface area contributed by atoms with Crippen LogP contribution >= 0.6 is 0 Å². The first-order valence-electron chi connectivity index (χ1n) is 8.48. The van der Waals surface area contributed by atoms with Gasteiger partial charge in [0, 0.05) is 5.41 Å². The van der Waals surface area contributed by atoms with E-state index in [0.29, 0.717) is 0 Å². The van der Waals surface area contributed by atoms with E-state index in [1.54, 1.807) is 0 Å². The number of halogens is 3. The molecule has 0 radical (unpaired) electrons. The van der Waals surface area contributed by atoms with Gasteiger partial charge in [0.25, 0.3) is 0 Å². The van der Waals surface area contributed by atoms with Crippen LogP contribution in [0.1, 0.15) is 29.2 Å². The van der Waals surface area contributed by atoms with E-state index in [0.717, 1.165) is 0 Å². The third-order valence-electron chi connectivity index (χ3n) is 5.20. The molecule has 0 aromatic heterocycles. The van der Waals surface area contributed by atoms with Crippen molar-refractivity contribution in [1.29, 1.82) is 0 Å². The third kappa shape index (κ3) is 4.53. The second-order valence-corrected chi connectivity index (χ2v) is 6.65. The van der Waals surface area contributed by atoms with Crippen LogP contribution in [0.3, 0.4) is 0 Å². The molecule has 0 fully saturated rings. The predicted octanol–water partition coefficient (Wildman–Crippen LogP) is -2.77. The van der Waals surface area contributed by atoms with Crippen molar-refractivity contribution >= 4 is 10.8 Å². The monoisotopic (exact) mass is 462 g/mol. The summed E-state index contributed by atoms with van der Waals surface area (Å²) in [7, 11) is 0. The molecule has 0 amide bonds. The Balaban J connectivity index is 0.00000182. The maximum absolute atomic E-state index is 2.35. The molecule has 28 heavy (non-hydrogen) atoms. The van der Waals surface area contributed by atoms with Crippen molar-refractivity contribution in [2.45, 2.75) is 19.3 Å². The molecule has 0 saturated carbocycles. The predicted molar refractivity (Wildman–Crippen MR) is 103 cm³/mol. The fourth-order valence-electron chi connectivity index (χ4n) is 4.03. The van der Waals surface area contributed by atoms with Crippen LogP contribution in [0.25, 0.3) is 10.8 Å². The number of benzene rings is 3. The average molecular weight is 464 g/mol. The summed E-state index contributed by atoms with van der Waals surface area (Å²) in [6.45, 7) is 4.59. The quantitative estimate of drug-likeness (QED) is 0.228. The fourth-order valence-corrected chi connectivity index (χ4v) is 4.03. The smallest absolute Gasteiger partial charge is 1.00 e. The topological polar surface area (TPSA) is 0 Å². The Kier molecular flexibility index (Phi) is 10.7. The molecule has 142 valence electrons. The summed E-state index contributed by atoms with van der Waals surface area (Å²) < 4.78 is 0. The van der Waals surface area contributed by atoms with E-state index in [4.69, 9.17) is 0 Å². The summed E-state index contributed by atoms with van der Waals surface area (Å²) in [5, 5.41) is 2.67. The van der Waals surface area contributed by atoms with E-state index in [1.165, 1.54) is 33.0 Å². The molecule has 0 atom stereocenters. The van der Waals surface area contributed by atoms with Crippen LogP contribution in [-0.4, -0.2) is 0 Å². The van der Waals surface area contributed by atoms with Crippen molar-refractivity contribution in [2.24, 2.45) is 0 Å². The maximum atomic E-state index is 2.35. The summed E-state index contributed by atoms with van der Waals surface area (Å²) >= 11 is 0. The first-order chi connectivity index (χ1) is 11.7. The van der Waals surface area contributed by atoms with E-state index in [-0.39, 0.29) is 64.4 Å². The minimum atomic E-state index is -0.171. The first kappa shape index (κ1) is 26.9. The van der Waals surface area contributed by atoms with E-state index >= 15 is 0 Å². The molecule has 0 aliphatic heterocycles.